The maximum absolute atomic E-state index is 11.2. The van der Waals surface area contributed by atoms with Crippen molar-refractivity contribution in [3.05, 3.63) is 12.2 Å². The molecule has 0 radical (unpaired) electrons. The van der Waals surface area contributed by atoms with E-state index in [4.69, 9.17) is 5.73 Å². The van der Waals surface area contributed by atoms with Crippen molar-refractivity contribution in [2.75, 3.05) is 0 Å². The van der Waals surface area contributed by atoms with E-state index < -0.39 is 0 Å². The van der Waals surface area contributed by atoms with Crippen LogP contribution in [0.5, 0.6) is 0 Å². The monoisotopic (exact) mass is 295 g/mol. The first-order chi connectivity index (χ1) is 10.1. The lowest BCUT2D eigenvalue weighted by Gasteiger charge is -2.17. The van der Waals surface area contributed by atoms with Crippen molar-refractivity contribution in [3.8, 4) is 0 Å². The summed E-state index contributed by atoms with van der Waals surface area (Å²) in [5.41, 5.74) is 5.94. The quantitative estimate of drug-likeness (QED) is 0.303. The normalized spacial score (nSPS) is 12.3. The van der Waals surface area contributed by atoms with E-state index in [2.05, 4.69) is 20.4 Å². The van der Waals surface area contributed by atoms with E-state index in [0.717, 1.165) is 6.42 Å². The number of unbranched alkanes of at least 4 members (excludes halogenated alkanes) is 8. The minimum absolute atomic E-state index is 0.323. The van der Waals surface area contributed by atoms with E-state index in [1.54, 1.807) is 0 Å². The SMILES string of the molecule is C=C(CC(CCCCCC)CCCCCCCC)C(N)=O. The first-order valence-electron chi connectivity index (χ1n) is 9.09. The van der Waals surface area contributed by atoms with Crippen LogP contribution >= 0.6 is 0 Å². The number of carbonyl (C=O) groups excluding carboxylic acids is 1. The molecule has 2 heteroatoms. The Hall–Kier alpha value is -0.790. The van der Waals surface area contributed by atoms with Gasteiger partial charge in [0.2, 0.25) is 5.91 Å². The van der Waals surface area contributed by atoms with Crippen molar-refractivity contribution in [1.82, 2.24) is 0 Å². The van der Waals surface area contributed by atoms with Crippen LogP contribution in [0.15, 0.2) is 12.2 Å². The average Bonchev–Trinajstić information content (AvgIpc) is 2.46. The standard InChI is InChI=1S/C19H37NO/c1-4-6-8-10-11-13-15-18(14-12-9-7-5-2)16-17(3)19(20)21/h18H,3-16H2,1-2H3,(H2,20,21). The fraction of sp³-hybridized carbons (Fsp3) is 0.842. The number of carbonyl (C=O) groups is 1. The molecule has 0 spiro atoms. The van der Waals surface area contributed by atoms with Crippen molar-refractivity contribution in [3.63, 3.8) is 0 Å². The second-order valence-corrected chi connectivity index (χ2v) is 6.44. The molecule has 1 amide bonds. The molecule has 0 aliphatic heterocycles. The first-order valence-corrected chi connectivity index (χ1v) is 9.09. The molecule has 1 atom stereocenters. The van der Waals surface area contributed by atoms with Crippen LogP contribution in [0.25, 0.3) is 0 Å². The van der Waals surface area contributed by atoms with Gasteiger partial charge in [0.15, 0.2) is 0 Å². The molecule has 124 valence electrons. The third-order valence-electron chi connectivity index (χ3n) is 4.32. The second-order valence-electron chi connectivity index (χ2n) is 6.44. The van der Waals surface area contributed by atoms with Crippen LogP contribution < -0.4 is 5.73 Å². The number of amides is 1. The molecule has 0 rings (SSSR count). The Bertz CT molecular complexity index is 273. The zero-order valence-electron chi connectivity index (χ0n) is 14.5. The van der Waals surface area contributed by atoms with Gasteiger partial charge in [-0.3, -0.25) is 4.79 Å². The van der Waals surface area contributed by atoms with Crippen LogP contribution in [-0.4, -0.2) is 5.91 Å². The van der Waals surface area contributed by atoms with Crippen LogP contribution in [0.3, 0.4) is 0 Å². The Labute approximate surface area is 132 Å². The number of rotatable bonds is 15. The molecule has 0 saturated carbocycles. The summed E-state index contributed by atoms with van der Waals surface area (Å²) in [6.07, 6.45) is 16.4. The van der Waals surface area contributed by atoms with Gasteiger partial charge in [0, 0.05) is 5.57 Å². The Balaban J connectivity index is 3.94. The third-order valence-corrected chi connectivity index (χ3v) is 4.32. The van der Waals surface area contributed by atoms with Crippen molar-refractivity contribution in [2.24, 2.45) is 11.7 Å². The van der Waals surface area contributed by atoms with E-state index in [9.17, 15) is 4.79 Å². The Morgan fingerprint density at radius 2 is 1.29 bits per heavy atom. The lowest BCUT2D eigenvalue weighted by atomic mass is 9.89. The summed E-state index contributed by atoms with van der Waals surface area (Å²) in [6.45, 7) is 8.32. The summed E-state index contributed by atoms with van der Waals surface area (Å²) in [5.74, 6) is 0.282. The third kappa shape index (κ3) is 12.6. The van der Waals surface area contributed by atoms with Gasteiger partial charge in [-0.25, -0.2) is 0 Å². The molecule has 0 fully saturated rings. The minimum Gasteiger partial charge on any atom is -0.366 e. The summed E-state index contributed by atoms with van der Waals surface area (Å²) in [5, 5.41) is 0. The van der Waals surface area contributed by atoms with Crippen molar-refractivity contribution in [2.45, 2.75) is 97.3 Å². The molecule has 2 nitrogen and oxygen atoms in total. The molecule has 0 aromatic carbocycles. The van der Waals surface area contributed by atoms with Crippen molar-refractivity contribution < 1.29 is 4.79 Å². The van der Waals surface area contributed by atoms with Gasteiger partial charge in [-0.05, 0) is 12.3 Å². The summed E-state index contributed by atoms with van der Waals surface area (Å²) in [7, 11) is 0. The van der Waals surface area contributed by atoms with E-state index in [-0.39, 0.29) is 5.91 Å². The largest absolute Gasteiger partial charge is 0.366 e. The Kier molecular flexibility index (Phi) is 13.6. The molecule has 0 heterocycles. The maximum atomic E-state index is 11.2. The van der Waals surface area contributed by atoms with E-state index >= 15 is 0 Å². The van der Waals surface area contributed by atoms with Crippen LogP contribution in [0.1, 0.15) is 97.3 Å². The Morgan fingerprint density at radius 1 is 0.857 bits per heavy atom. The smallest absolute Gasteiger partial charge is 0.244 e. The molecule has 2 N–H and O–H groups in total. The van der Waals surface area contributed by atoms with Crippen molar-refractivity contribution >= 4 is 5.91 Å². The van der Waals surface area contributed by atoms with Gasteiger partial charge < -0.3 is 5.73 Å². The molecule has 0 aromatic rings. The molecule has 21 heavy (non-hydrogen) atoms. The number of nitrogens with two attached hydrogens (primary N) is 1. The second kappa shape index (κ2) is 14.2. The van der Waals surface area contributed by atoms with E-state index in [0.29, 0.717) is 11.5 Å². The highest BCUT2D eigenvalue weighted by Gasteiger charge is 2.13. The van der Waals surface area contributed by atoms with Gasteiger partial charge in [0.1, 0.15) is 0 Å². The predicted octanol–water partition coefficient (Wildman–Crippen LogP) is 5.76. The summed E-state index contributed by atoms with van der Waals surface area (Å²) in [4.78, 5) is 11.2. The molecule has 0 aliphatic rings. The average molecular weight is 296 g/mol. The number of primary amides is 1. The van der Waals surface area contributed by atoms with E-state index in [1.165, 1.54) is 77.0 Å². The zero-order chi connectivity index (χ0) is 15.9. The zero-order valence-corrected chi connectivity index (χ0v) is 14.5. The summed E-state index contributed by atoms with van der Waals surface area (Å²) in [6, 6.07) is 0. The van der Waals surface area contributed by atoms with Gasteiger partial charge in [0.05, 0.1) is 0 Å². The summed E-state index contributed by atoms with van der Waals surface area (Å²) < 4.78 is 0. The first kappa shape index (κ1) is 20.2. The van der Waals surface area contributed by atoms with E-state index in [1.807, 2.05) is 0 Å². The number of hydrogen-bond acceptors (Lipinski definition) is 1. The topological polar surface area (TPSA) is 43.1 Å². The molecule has 0 aromatic heterocycles. The lowest BCUT2D eigenvalue weighted by Crippen LogP contribution is -2.16. The van der Waals surface area contributed by atoms with Crippen LogP contribution in [0.4, 0.5) is 0 Å². The van der Waals surface area contributed by atoms with Crippen LogP contribution in [-0.2, 0) is 4.79 Å². The lowest BCUT2D eigenvalue weighted by molar-refractivity contribution is -0.114. The van der Waals surface area contributed by atoms with Gasteiger partial charge in [0.25, 0.3) is 0 Å². The molecule has 0 bridgehead atoms. The van der Waals surface area contributed by atoms with Gasteiger partial charge in [-0.1, -0.05) is 97.5 Å². The van der Waals surface area contributed by atoms with Gasteiger partial charge in [-0.15, -0.1) is 0 Å². The van der Waals surface area contributed by atoms with Gasteiger partial charge >= 0.3 is 0 Å². The van der Waals surface area contributed by atoms with Crippen LogP contribution in [0, 0.1) is 5.92 Å². The van der Waals surface area contributed by atoms with Gasteiger partial charge in [-0.2, -0.15) is 0 Å². The Morgan fingerprint density at radius 3 is 1.76 bits per heavy atom. The highest BCUT2D eigenvalue weighted by atomic mass is 16.1. The van der Waals surface area contributed by atoms with Crippen molar-refractivity contribution in [1.29, 1.82) is 0 Å². The van der Waals surface area contributed by atoms with Crippen LogP contribution in [0.2, 0.25) is 0 Å². The molecule has 1 unspecified atom stereocenters. The fourth-order valence-corrected chi connectivity index (χ4v) is 2.87. The molecular formula is C19H37NO. The maximum Gasteiger partial charge on any atom is 0.244 e. The minimum atomic E-state index is -0.323. The molecular weight excluding hydrogens is 258 g/mol. The molecule has 0 aliphatic carbocycles. The number of hydrogen-bond donors (Lipinski definition) is 1. The highest BCUT2D eigenvalue weighted by molar-refractivity contribution is 5.91. The predicted molar refractivity (Wildman–Crippen MR) is 93.2 cm³/mol. The highest BCUT2D eigenvalue weighted by Crippen LogP contribution is 2.24. The summed E-state index contributed by atoms with van der Waals surface area (Å²) >= 11 is 0. The fourth-order valence-electron chi connectivity index (χ4n) is 2.87. The molecule has 0 saturated heterocycles.